The zero-order valence-electron chi connectivity index (χ0n) is 16.0. The van der Waals surface area contributed by atoms with Gasteiger partial charge in [0, 0.05) is 18.2 Å². The van der Waals surface area contributed by atoms with Crippen LogP contribution in [0.5, 0.6) is 0 Å². The van der Waals surface area contributed by atoms with E-state index in [-0.39, 0.29) is 30.2 Å². The van der Waals surface area contributed by atoms with Crippen molar-refractivity contribution in [2.45, 2.75) is 51.2 Å². The fraction of sp³-hybridized carbons (Fsp3) is 0.391. The SMILES string of the molecule is CC1CCC(NC(=O)[C@H]2c3ccccc3C(=O)N2Cc2ccc(F)cc2)CC1. The summed E-state index contributed by atoms with van der Waals surface area (Å²) in [7, 11) is 0. The van der Waals surface area contributed by atoms with Gasteiger partial charge in [0.25, 0.3) is 5.91 Å². The zero-order valence-corrected chi connectivity index (χ0v) is 16.0. The van der Waals surface area contributed by atoms with Crippen LogP contribution in [-0.2, 0) is 11.3 Å². The standard InChI is InChI=1S/C23H25FN2O2/c1-15-6-12-18(13-7-15)25-22(27)21-19-4-2-3-5-20(19)23(28)26(21)14-16-8-10-17(24)11-9-16/h2-5,8-11,15,18,21H,6-7,12-14H2,1H3,(H,25,27)/t15?,18?,21-/m1/s1. The molecule has 2 aromatic carbocycles. The predicted octanol–water partition coefficient (Wildman–Crippen LogP) is 4.22. The molecule has 4 nitrogen and oxygen atoms in total. The van der Waals surface area contributed by atoms with E-state index in [1.807, 2.05) is 18.2 Å². The second-order valence-electron chi connectivity index (χ2n) is 8.01. The molecule has 28 heavy (non-hydrogen) atoms. The maximum atomic E-state index is 13.2. The molecule has 2 amide bonds. The Morgan fingerprint density at radius 3 is 2.46 bits per heavy atom. The van der Waals surface area contributed by atoms with Gasteiger partial charge < -0.3 is 10.2 Å². The summed E-state index contributed by atoms with van der Waals surface area (Å²) in [4.78, 5) is 27.8. The minimum Gasteiger partial charge on any atom is -0.351 e. The molecule has 4 rings (SSSR count). The maximum Gasteiger partial charge on any atom is 0.255 e. The molecule has 1 saturated carbocycles. The zero-order chi connectivity index (χ0) is 19.7. The third-order valence-corrected chi connectivity index (χ3v) is 5.94. The number of carbonyl (C=O) groups is 2. The number of hydrogen-bond acceptors (Lipinski definition) is 2. The molecule has 1 aliphatic heterocycles. The molecular formula is C23H25FN2O2. The maximum absolute atomic E-state index is 13.2. The number of fused-ring (bicyclic) bond motifs is 1. The highest BCUT2D eigenvalue weighted by Gasteiger charge is 2.41. The molecule has 5 heteroatoms. The summed E-state index contributed by atoms with van der Waals surface area (Å²) in [5.74, 6) is 0.106. The minimum atomic E-state index is -0.645. The number of nitrogens with one attached hydrogen (secondary N) is 1. The van der Waals surface area contributed by atoms with Crippen molar-refractivity contribution >= 4 is 11.8 Å². The third-order valence-electron chi connectivity index (χ3n) is 5.94. The van der Waals surface area contributed by atoms with Crippen LogP contribution in [-0.4, -0.2) is 22.8 Å². The molecule has 1 heterocycles. The molecule has 0 spiro atoms. The van der Waals surface area contributed by atoms with E-state index in [1.54, 1.807) is 23.1 Å². The predicted molar refractivity (Wildman–Crippen MR) is 105 cm³/mol. The Balaban J connectivity index is 1.58. The Hall–Kier alpha value is -2.69. The van der Waals surface area contributed by atoms with Gasteiger partial charge in [0.05, 0.1) is 0 Å². The highest BCUT2D eigenvalue weighted by molar-refractivity contribution is 6.04. The summed E-state index contributed by atoms with van der Waals surface area (Å²) in [6.45, 7) is 2.52. The van der Waals surface area contributed by atoms with Gasteiger partial charge in [-0.1, -0.05) is 37.3 Å². The van der Waals surface area contributed by atoms with Crippen LogP contribution in [0.4, 0.5) is 4.39 Å². The molecule has 146 valence electrons. The highest BCUT2D eigenvalue weighted by Crippen LogP contribution is 2.35. The first-order chi connectivity index (χ1) is 13.5. The lowest BCUT2D eigenvalue weighted by molar-refractivity contribution is -0.126. The highest BCUT2D eigenvalue weighted by atomic mass is 19.1. The second-order valence-corrected chi connectivity index (χ2v) is 8.01. The Morgan fingerprint density at radius 2 is 1.75 bits per heavy atom. The van der Waals surface area contributed by atoms with Gasteiger partial charge in [-0.3, -0.25) is 9.59 Å². The van der Waals surface area contributed by atoms with Gasteiger partial charge in [-0.05, 0) is 60.9 Å². The Bertz CT molecular complexity index is 872. The molecule has 1 aliphatic carbocycles. The fourth-order valence-electron chi connectivity index (χ4n) is 4.29. The van der Waals surface area contributed by atoms with Crippen molar-refractivity contribution in [3.63, 3.8) is 0 Å². The van der Waals surface area contributed by atoms with E-state index in [0.29, 0.717) is 11.5 Å². The molecule has 0 aromatic heterocycles. The molecule has 2 aromatic rings. The molecule has 1 fully saturated rings. The Morgan fingerprint density at radius 1 is 1.07 bits per heavy atom. The van der Waals surface area contributed by atoms with Crippen molar-refractivity contribution in [2.75, 3.05) is 0 Å². The first-order valence-corrected chi connectivity index (χ1v) is 9.97. The topological polar surface area (TPSA) is 49.4 Å². The van der Waals surface area contributed by atoms with Gasteiger partial charge in [-0.25, -0.2) is 4.39 Å². The van der Waals surface area contributed by atoms with Gasteiger partial charge in [-0.2, -0.15) is 0 Å². The van der Waals surface area contributed by atoms with Gasteiger partial charge in [0.15, 0.2) is 0 Å². The number of amides is 2. The lowest BCUT2D eigenvalue weighted by atomic mass is 9.87. The average molecular weight is 380 g/mol. The van der Waals surface area contributed by atoms with E-state index in [4.69, 9.17) is 0 Å². The van der Waals surface area contributed by atoms with Gasteiger partial charge >= 0.3 is 0 Å². The van der Waals surface area contributed by atoms with E-state index in [9.17, 15) is 14.0 Å². The molecule has 2 aliphatic rings. The molecule has 0 bridgehead atoms. The van der Waals surface area contributed by atoms with Crippen LogP contribution in [0.3, 0.4) is 0 Å². The molecule has 0 unspecified atom stereocenters. The van der Waals surface area contributed by atoms with Crippen molar-refractivity contribution in [1.82, 2.24) is 10.2 Å². The van der Waals surface area contributed by atoms with E-state index in [0.717, 1.165) is 36.8 Å². The largest absolute Gasteiger partial charge is 0.351 e. The van der Waals surface area contributed by atoms with Crippen molar-refractivity contribution in [3.8, 4) is 0 Å². The monoisotopic (exact) mass is 380 g/mol. The van der Waals surface area contributed by atoms with E-state index in [2.05, 4.69) is 12.2 Å². The summed E-state index contributed by atoms with van der Waals surface area (Å²) in [5.41, 5.74) is 2.12. The number of benzene rings is 2. The van der Waals surface area contributed by atoms with Crippen LogP contribution < -0.4 is 5.32 Å². The van der Waals surface area contributed by atoms with E-state index in [1.165, 1.54) is 12.1 Å². The van der Waals surface area contributed by atoms with Gasteiger partial charge in [0.1, 0.15) is 11.9 Å². The molecule has 0 saturated heterocycles. The number of carbonyl (C=O) groups excluding carboxylic acids is 2. The van der Waals surface area contributed by atoms with Gasteiger partial charge in [-0.15, -0.1) is 0 Å². The van der Waals surface area contributed by atoms with Crippen molar-refractivity contribution in [2.24, 2.45) is 5.92 Å². The summed E-state index contributed by atoms with van der Waals surface area (Å²) < 4.78 is 13.2. The van der Waals surface area contributed by atoms with Crippen LogP contribution in [0.15, 0.2) is 48.5 Å². The molecular weight excluding hydrogens is 355 g/mol. The van der Waals surface area contributed by atoms with Crippen LogP contribution in [0, 0.1) is 11.7 Å². The van der Waals surface area contributed by atoms with Crippen molar-refractivity contribution in [3.05, 3.63) is 71.0 Å². The summed E-state index contributed by atoms with van der Waals surface area (Å²) in [5, 5.41) is 3.17. The van der Waals surface area contributed by atoms with Crippen LogP contribution >= 0.6 is 0 Å². The smallest absolute Gasteiger partial charge is 0.255 e. The Kier molecular flexibility index (Phi) is 5.16. The number of nitrogens with zero attached hydrogens (tertiary/aromatic N) is 1. The fourth-order valence-corrected chi connectivity index (χ4v) is 4.29. The normalized spacial score (nSPS) is 24.1. The summed E-state index contributed by atoms with van der Waals surface area (Å²) in [6, 6.07) is 12.9. The first-order valence-electron chi connectivity index (χ1n) is 9.97. The van der Waals surface area contributed by atoms with Crippen molar-refractivity contribution in [1.29, 1.82) is 0 Å². The van der Waals surface area contributed by atoms with Crippen molar-refractivity contribution < 1.29 is 14.0 Å². The molecule has 1 atom stereocenters. The van der Waals surface area contributed by atoms with Crippen LogP contribution in [0.2, 0.25) is 0 Å². The van der Waals surface area contributed by atoms with Crippen LogP contribution in [0.25, 0.3) is 0 Å². The molecule has 1 N–H and O–H groups in total. The minimum absolute atomic E-state index is 0.125. The number of hydrogen-bond donors (Lipinski definition) is 1. The average Bonchev–Trinajstić information content (AvgIpc) is 2.98. The third kappa shape index (κ3) is 3.66. The summed E-state index contributed by atoms with van der Waals surface area (Å²) >= 11 is 0. The lowest BCUT2D eigenvalue weighted by Crippen LogP contribution is -2.44. The quantitative estimate of drug-likeness (QED) is 0.863. The number of halogens is 1. The number of rotatable bonds is 4. The van der Waals surface area contributed by atoms with E-state index < -0.39 is 6.04 Å². The first kappa shape index (κ1) is 18.7. The lowest BCUT2D eigenvalue weighted by Gasteiger charge is -2.30. The Labute approximate surface area is 164 Å². The molecule has 0 radical (unpaired) electrons. The van der Waals surface area contributed by atoms with Gasteiger partial charge in [0.2, 0.25) is 5.91 Å². The van der Waals surface area contributed by atoms with E-state index >= 15 is 0 Å². The second kappa shape index (κ2) is 7.74. The van der Waals surface area contributed by atoms with Crippen LogP contribution in [0.1, 0.15) is 60.1 Å². The summed E-state index contributed by atoms with van der Waals surface area (Å²) in [6.07, 6.45) is 4.19.